The van der Waals surface area contributed by atoms with Crippen molar-refractivity contribution in [3.8, 4) is 0 Å². The molecular weight excluding hydrogens is 286 g/mol. The second-order valence-electron chi connectivity index (χ2n) is 5.63. The first-order valence-electron chi connectivity index (χ1n) is 7.52. The van der Waals surface area contributed by atoms with Crippen LogP contribution in [0.4, 0.5) is 5.69 Å². The van der Waals surface area contributed by atoms with Crippen LogP contribution in [0, 0.1) is 6.92 Å². The van der Waals surface area contributed by atoms with Crippen molar-refractivity contribution in [2.75, 3.05) is 5.73 Å². The van der Waals surface area contributed by atoms with E-state index in [2.05, 4.69) is 38.4 Å². The number of para-hydroxylation sites is 1. The van der Waals surface area contributed by atoms with Crippen LogP contribution in [0.5, 0.6) is 0 Å². The second kappa shape index (κ2) is 5.28. The van der Waals surface area contributed by atoms with Crippen molar-refractivity contribution in [3.05, 3.63) is 77.4 Å². The van der Waals surface area contributed by atoms with Crippen molar-refractivity contribution in [1.29, 1.82) is 0 Å². The summed E-state index contributed by atoms with van der Waals surface area (Å²) >= 11 is 0. The largest absolute Gasteiger partial charge is 0.398 e. The molecule has 0 amide bonds. The molecule has 1 atom stereocenters. The second-order valence-corrected chi connectivity index (χ2v) is 5.63. The Morgan fingerprint density at radius 1 is 1.04 bits per heavy atom. The van der Waals surface area contributed by atoms with E-state index in [0.29, 0.717) is 0 Å². The third-order valence-corrected chi connectivity index (χ3v) is 4.29. The summed E-state index contributed by atoms with van der Waals surface area (Å²) in [5.41, 5.74) is 12.3. The van der Waals surface area contributed by atoms with Crippen LogP contribution in [0.3, 0.4) is 0 Å². The Hall–Kier alpha value is -3.08. The van der Waals surface area contributed by atoms with Gasteiger partial charge in [-0.3, -0.25) is 5.10 Å². The third kappa shape index (κ3) is 2.17. The maximum Gasteiger partial charge on any atom is 0.137 e. The fraction of sp³-hybridized carbons (Fsp3) is 0.111. The van der Waals surface area contributed by atoms with Gasteiger partial charge in [0.1, 0.15) is 5.65 Å². The Bertz CT molecular complexity index is 966. The molecule has 0 saturated carbocycles. The molecule has 0 spiro atoms. The van der Waals surface area contributed by atoms with Gasteiger partial charge in [-0.25, -0.2) is 4.98 Å². The fourth-order valence-electron chi connectivity index (χ4n) is 3.17. The number of rotatable bonds is 3. The number of anilines is 1. The minimum Gasteiger partial charge on any atom is -0.398 e. The molecule has 0 aliphatic carbocycles. The van der Waals surface area contributed by atoms with E-state index < -0.39 is 0 Å². The van der Waals surface area contributed by atoms with Crippen LogP contribution in [0.1, 0.15) is 28.3 Å². The maximum absolute atomic E-state index is 6.28. The summed E-state index contributed by atoms with van der Waals surface area (Å²) in [4.78, 5) is 7.57. The summed E-state index contributed by atoms with van der Waals surface area (Å²) in [6.07, 6.45) is 5.69. The van der Waals surface area contributed by atoms with Gasteiger partial charge in [0, 0.05) is 41.1 Å². The first-order valence-corrected chi connectivity index (χ1v) is 7.52. The predicted molar refractivity (Wildman–Crippen MR) is 91.2 cm³/mol. The molecule has 0 radical (unpaired) electrons. The number of hydrogen-bond donors (Lipinski definition) is 3. The predicted octanol–water partition coefficient (Wildman–Crippen LogP) is 3.36. The number of nitrogens with zero attached hydrogens (tertiary/aromatic N) is 2. The molecule has 0 fully saturated rings. The molecular formula is C18H17N5. The molecule has 3 heterocycles. The van der Waals surface area contributed by atoms with E-state index in [1.807, 2.05) is 43.7 Å². The van der Waals surface area contributed by atoms with Crippen LogP contribution >= 0.6 is 0 Å². The summed E-state index contributed by atoms with van der Waals surface area (Å²) in [6.45, 7) is 2.01. The summed E-state index contributed by atoms with van der Waals surface area (Å²) in [7, 11) is 0. The van der Waals surface area contributed by atoms with Crippen LogP contribution in [0.25, 0.3) is 11.0 Å². The minimum atomic E-state index is 0.0104. The molecule has 0 saturated heterocycles. The molecule has 3 aromatic heterocycles. The molecule has 0 aliphatic rings. The van der Waals surface area contributed by atoms with Crippen LogP contribution in [-0.4, -0.2) is 20.2 Å². The Labute approximate surface area is 133 Å². The highest BCUT2D eigenvalue weighted by Crippen LogP contribution is 2.38. The van der Waals surface area contributed by atoms with Crippen LogP contribution in [0.15, 0.2) is 55.0 Å². The number of aromatic nitrogens is 4. The van der Waals surface area contributed by atoms with Crippen LogP contribution in [0.2, 0.25) is 0 Å². The number of aromatic amines is 2. The SMILES string of the molecule is Cc1n[nH]cc1C(c1ccccc1N)c1ccnc2[nH]ccc12. The monoisotopic (exact) mass is 303 g/mol. The van der Waals surface area contributed by atoms with Crippen LogP contribution < -0.4 is 5.73 Å². The molecule has 0 aliphatic heterocycles. The van der Waals surface area contributed by atoms with Gasteiger partial charge in [0.05, 0.1) is 5.69 Å². The normalized spacial score (nSPS) is 12.6. The molecule has 0 bridgehead atoms. The van der Waals surface area contributed by atoms with Gasteiger partial charge in [0.2, 0.25) is 0 Å². The van der Waals surface area contributed by atoms with Crippen molar-refractivity contribution in [3.63, 3.8) is 0 Å². The van der Waals surface area contributed by atoms with Gasteiger partial charge in [-0.2, -0.15) is 5.10 Å². The number of nitrogens with one attached hydrogen (secondary N) is 2. The number of H-pyrrole nitrogens is 2. The number of nitrogen functional groups attached to an aromatic ring is 1. The van der Waals surface area contributed by atoms with E-state index in [0.717, 1.165) is 33.5 Å². The Balaban J connectivity index is 2.02. The fourth-order valence-corrected chi connectivity index (χ4v) is 3.17. The number of aryl methyl sites for hydroxylation is 1. The molecule has 114 valence electrons. The number of benzene rings is 1. The van der Waals surface area contributed by atoms with Gasteiger partial charge in [-0.05, 0) is 36.2 Å². The topological polar surface area (TPSA) is 83.4 Å². The van der Waals surface area contributed by atoms with Crippen molar-refractivity contribution in [2.45, 2.75) is 12.8 Å². The first kappa shape index (κ1) is 13.6. The van der Waals surface area contributed by atoms with Gasteiger partial charge in [-0.15, -0.1) is 0 Å². The smallest absolute Gasteiger partial charge is 0.137 e. The van der Waals surface area contributed by atoms with E-state index in [1.54, 1.807) is 0 Å². The van der Waals surface area contributed by atoms with E-state index in [9.17, 15) is 0 Å². The van der Waals surface area contributed by atoms with Gasteiger partial charge in [-0.1, -0.05) is 18.2 Å². The lowest BCUT2D eigenvalue weighted by molar-refractivity contribution is 0.970. The van der Waals surface area contributed by atoms with E-state index in [-0.39, 0.29) is 5.92 Å². The van der Waals surface area contributed by atoms with Gasteiger partial charge >= 0.3 is 0 Å². The Morgan fingerprint density at radius 3 is 2.70 bits per heavy atom. The molecule has 4 N–H and O–H groups in total. The average molecular weight is 303 g/mol. The molecule has 23 heavy (non-hydrogen) atoms. The molecule has 5 heteroatoms. The molecule has 4 rings (SSSR count). The number of nitrogens with two attached hydrogens (primary N) is 1. The quantitative estimate of drug-likeness (QED) is 0.507. The third-order valence-electron chi connectivity index (χ3n) is 4.29. The average Bonchev–Trinajstić information content (AvgIpc) is 3.19. The number of pyridine rings is 1. The Morgan fingerprint density at radius 2 is 1.91 bits per heavy atom. The summed E-state index contributed by atoms with van der Waals surface area (Å²) < 4.78 is 0. The molecule has 5 nitrogen and oxygen atoms in total. The van der Waals surface area contributed by atoms with Gasteiger partial charge < -0.3 is 10.7 Å². The zero-order valence-corrected chi connectivity index (χ0v) is 12.7. The lowest BCUT2D eigenvalue weighted by Crippen LogP contribution is -2.07. The highest BCUT2D eigenvalue weighted by molar-refractivity contribution is 5.81. The lowest BCUT2D eigenvalue weighted by atomic mass is 9.84. The first-order chi connectivity index (χ1) is 11.3. The van der Waals surface area contributed by atoms with Crippen LogP contribution in [-0.2, 0) is 0 Å². The standard InChI is InChI=1S/C18H17N5/c1-11-15(10-22-23-11)17(14-4-2-3-5-16(14)19)12-6-8-20-18-13(12)7-9-21-18/h2-10,17H,19H2,1H3,(H,20,21)(H,22,23). The van der Waals surface area contributed by atoms with Crippen molar-refractivity contribution in [1.82, 2.24) is 20.2 Å². The van der Waals surface area contributed by atoms with E-state index in [4.69, 9.17) is 5.73 Å². The number of fused-ring (bicyclic) bond motifs is 1. The van der Waals surface area contributed by atoms with E-state index >= 15 is 0 Å². The molecule has 1 unspecified atom stereocenters. The summed E-state index contributed by atoms with van der Waals surface area (Å²) in [5, 5.41) is 8.36. The van der Waals surface area contributed by atoms with Gasteiger partial charge in [0.15, 0.2) is 0 Å². The minimum absolute atomic E-state index is 0.0104. The van der Waals surface area contributed by atoms with E-state index in [1.165, 1.54) is 5.56 Å². The zero-order chi connectivity index (χ0) is 15.8. The van der Waals surface area contributed by atoms with Crippen molar-refractivity contribution >= 4 is 16.7 Å². The molecule has 1 aromatic carbocycles. The highest BCUT2D eigenvalue weighted by atomic mass is 15.1. The van der Waals surface area contributed by atoms with Crippen molar-refractivity contribution in [2.24, 2.45) is 0 Å². The number of hydrogen-bond acceptors (Lipinski definition) is 3. The summed E-state index contributed by atoms with van der Waals surface area (Å²) in [6, 6.07) is 12.1. The maximum atomic E-state index is 6.28. The highest BCUT2D eigenvalue weighted by Gasteiger charge is 2.24. The Kier molecular flexibility index (Phi) is 3.12. The zero-order valence-electron chi connectivity index (χ0n) is 12.7. The lowest BCUT2D eigenvalue weighted by Gasteiger charge is -2.20. The molecule has 4 aromatic rings. The van der Waals surface area contributed by atoms with Gasteiger partial charge in [0.25, 0.3) is 0 Å². The van der Waals surface area contributed by atoms with Crippen molar-refractivity contribution < 1.29 is 0 Å². The summed E-state index contributed by atoms with van der Waals surface area (Å²) in [5.74, 6) is 0.0104.